The van der Waals surface area contributed by atoms with Gasteiger partial charge in [0.1, 0.15) is 33.3 Å². The van der Waals surface area contributed by atoms with Gasteiger partial charge in [-0.3, -0.25) is 9.59 Å². The largest absolute Gasteiger partial charge is 0.300 e. The first-order valence-electron chi connectivity index (χ1n) is 12.4. The van der Waals surface area contributed by atoms with Gasteiger partial charge in [0, 0.05) is 23.0 Å². The first-order valence-corrected chi connectivity index (χ1v) is 14.0. The molecule has 2 atom stereocenters. The zero-order valence-corrected chi connectivity index (χ0v) is 22.4. The average Bonchev–Trinajstić information content (AvgIpc) is 3.59. The molecule has 2 N–H and O–H groups in total. The molecule has 0 spiro atoms. The lowest BCUT2D eigenvalue weighted by molar-refractivity contribution is -0.116. The second-order valence-corrected chi connectivity index (χ2v) is 11.3. The predicted molar refractivity (Wildman–Crippen MR) is 141 cm³/mol. The molecule has 4 aromatic rings. The standard InChI is InChI=1S/C26H22F4N6O2S2/c27-17-6-2-7-18(28)15(17)11-21(37)31-25-35-33-23(39-25)13-4-1-5-14(10-13)24-34-36-26(40-24)32-22(38)12-16-19(29)8-3-9-20(16)30/h2-3,6-9,13-14H,1,4-5,10-12H2,(H,31,35,37)(H,32,36,38)/t13-,14-/m0/s1. The summed E-state index contributed by atoms with van der Waals surface area (Å²) in [5.41, 5.74) is -0.626. The van der Waals surface area contributed by atoms with Crippen LogP contribution in [-0.2, 0) is 22.4 Å². The first-order chi connectivity index (χ1) is 19.3. The molecule has 0 aliphatic heterocycles. The number of benzene rings is 2. The van der Waals surface area contributed by atoms with E-state index in [1.807, 2.05) is 0 Å². The van der Waals surface area contributed by atoms with Gasteiger partial charge in [-0.2, -0.15) is 0 Å². The molecule has 0 saturated heterocycles. The molecule has 40 heavy (non-hydrogen) atoms. The molecule has 0 radical (unpaired) electrons. The van der Waals surface area contributed by atoms with E-state index in [1.54, 1.807) is 0 Å². The minimum Gasteiger partial charge on any atom is -0.300 e. The van der Waals surface area contributed by atoms with Gasteiger partial charge in [0.15, 0.2) is 0 Å². The van der Waals surface area contributed by atoms with Crippen LogP contribution < -0.4 is 10.6 Å². The van der Waals surface area contributed by atoms with Gasteiger partial charge >= 0.3 is 0 Å². The van der Waals surface area contributed by atoms with Crippen LogP contribution in [0.15, 0.2) is 36.4 Å². The Morgan fingerprint density at radius 1 is 0.700 bits per heavy atom. The van der Waals surface area contributed by atoms with E-state index in [-0.39, 0.29) is 33.2 Å². The molecule has 1 fully saturated rings. The Morgan fingerprint density at radius 2 is 1.10 bits per heavy atom. The molecule has 2 heterocycles. The van der Waals surface area contributed by atoms with E-state index in [1.165, 1.54) is 34.8 Å². The van der Waals surface area contributed by atoms with Crippen LogP contribution in [0.2, 0.25) is 0 Å². The Kier molecular flexibility index (Phi) is 8.45. The van der Waals surface area contributed by atoms with Crippen molar-refractivity contribution >= 4 is 44.8 Å². The summed E-state index contributed by atoms with van der Waals surface area (Å²) in [6, 6.07) is 6.84. The lowest BCUT2D eigenvalue weighted by Gasteiger charge is -2.25. The van der Waals surface area contributed by atoms with Crippen LogP contribution in [0.1, 0.15) is 58.7 Å². The number of amides is 2. The summed E-state index contributed by atoms with van der Waals surface area (Å²) in [7, 11) is 0. The van der Waals surface area contributed by atoms with E-state index < -0.39 is 47.9 Å². The molecular weight excluding hydrogens is 568 g/mol. The maximum absolute atomic E-state index is 13.9. The topological polar surface area (TPSA) is 110 Å². The van der Waals surface area contributed by atoms with Crippen molar-refractivity contribution in [2.75, 3.05) is 10.6 Å². The lowest BCUT2D eigenvalue weighted by atomic mass is 9.82. The van der Waals surface area contributed by atoms with Gasteiger partial charge in [-0.1, -0.05) is 41.2 Å². The van der Waals surface area contributed by atoms with E-state index >= 15 is 0 Å². The number of anilines is 2. The molecule has 2 amide bonds. The van der Waals surface area contributed by atoms with E-state index in [9.17, 15) is 27.2 Å². The average molecular weight is 591 g/mol. The van der Waals surface area contributed by atoms with Crippen molar-refractivity contribution in [1.82, 2.24) is 20.4 Å². The highest BCUT2D eigenvalue weighted by molar-refractivity contribution is 7.15. The van der Waals surface area contributed by atoms with E-state index in [2.05, 4.69) is 31.0 Å². The zero-order valence-electron chi connectivity index (χ0n) is 20.8. The summed E-state index contributed by atoms with van der Waals surface area (Å²) >= 11 is 2.42. The number of rotatable bonds is 8. The number of halogens is 4. The maximum atomic E-state index is 13.9. The van der Waals surface area contributed by atoms with E-state index in [4.69, 9.17) is 0 Å². The van der Waals surface area contributed by atoms with Gasteiger partial charge in [0.2, 0.25) is 22.1 Å². The molecule has 8 nitrogen and oxygen atoms in total. The van der Waals surface area contributed by atoms with Crippen molar-refractivity contribution < 1.29 is 27.2 Å². The summed E-state index contributed by atoms with van der Waals surface area (Å²) in [6.07, 6.45) is 2.36. The van der Waals surface area contributed by atoms with Crippen molar-refractivity contribution in [3.63, 3.8) is 0 Å². The van der Waals surface area contributed by atoms with Crippen molar-refractivity contribution in [2.24, 2.45) is 0 Å². The quantitative estimate of drug-likeness (QED) is 0.253. The minimum atomic E-state index is -0.792. The summed E-state index contributed by atoms with van der Waals surface area (Å²) < 4.78 is 55.4. The monoisotopic (exact) mass is 590 g/mol. The Hall–Kier alpha value is -3.78. The normalized spacial score (nSPS) is 17.0. The second-order valence-electron chi connectivity index (χ2n) is 9.30. The Morgan fingerprint density at radius 3 is 1.50 bits per heavy atom. The van der Waals surface area contributed by atoms with Gasteiger partial charge in [0.25, 0.3) is 0 Å². The Labute approximate surface area is 233 Å². The van der Waals surface area contributed by atoms with Crippen LogP contribution in [0.25, 0.3) is 0 Å². The number of carbonyl (C=O) groups excluding carboxylic acids is 2. The summed E-state index contributed by atoms with van der Waals surface area (Å²) in [5.74, 6) is -4.27. The molecule has 2 aromatic heterocycles. The highest BCUT2D eigenvalue weighted by atomic mass is 32.1. The summed E-state index contributed by atoms with van der Waals surface area (Å²) in [4.78, 5) is 24.7. The molecule has 1 aliphatic carbocycles. The van der Waals surface area contributed by atoms with Gasteiger partial charge in [-0.25, -0.2) is 17.6 Å². The van der Waals surface area contributed by atoms with Crippen LogP contribution in [0.5, 0.6) is 0 Å². The Bertz CT molecular complexity index is 1390. The summed E-state index contributed by atoms with van der Waals surface area (Å²) in [5, 5.41) is 23.5. The third-order valence-corrected chi connectivity index (χ3v) is 8.55. The van der Waals surface area contributed by atoms with Gasteiger partial charge in [0.05, 0.1) is 12.8 Å². The maximum Gasteiger partial charge on any atom is 0.230 e. The second kappa shape index (κ2) is 12.2. The van der Waals surface area contributed by atoms with Crippen molar-refractivity contribution in [1.29, 1.82) is 0 Å². The fourth-order valence-corrected chi connectivity index (χ4v) is 6.40. The summed E-state index contributed by atoms with van der Waals surface area (Å²) in [6.45, 7) is 0. The number of nitrogens with zero attached hydrogens (tertiary/aromatic N) is 4. The van der Waals surface area contributed by atoms with Crippen LogP contribution in [0.3, 0.4) is 0 Å². The molecule has 208 valence electrons. The molecule has 0 unspecified atom stereocenters. The third kappa shape index (κ3) is 6.50. The van der Waals surface area contributed by atoms with E-state index in [0.717, 1.165) is 53.5 Å². The van der Waals surface area contributed by atoms with Gasteiger partial charge < -0.3 is 10.6 Å². The zero-order chi connectivity index (χ0) is 28.2. The molecule has 1 aliphatic rings. The molecular formula is C26H22F4N6O2S2. The fourth-order valence-electron chi connectivity index (χ4n) is 4.59. The highest BCUT2D eigenvalue weighted by Crippen LogP contribution is 2.43. The molecule has 14 heteroatoms. The SMILES string of the molecule is O=C(Cc1c(F)cccc1F)Nc1nnc([C@H]2CCC[C@H](c3nnc(NC(=O)Cc4c(F)cccc4F)s3)C2)s1. The van der Waals surface area contributed by atoms with Crippen molar-refractivity contribution in [3.8, 4) is 0 Å². The first kappa shape index (κ1) is 27.8. The van der Waals surface area contributed by atoms with Crippen LogP contribution in [0.4, 0.5) is 27.8 Å². The smallest absolute Gasteiger partial charge is 0.230 e. The van der Waals surface area contributed by atoms with Gasteiger partial charge in [-0.05, 0) is 43.5 Å². The van der Waals surface area contributed by atoms with Crippen molar-refractivity contribution in [2.45, 2.75) is 50.4 Å². The highest BCUT2D eigenvalue weighted by Gasteiger charge is 2.29. The predicted octanol–water partition coefficient (Wildman–Crippen LogP) is 5.75. The molecule has 5 rings (SSSR count). The van der Waals surface area contributed by atoms with Gasteiger partial charge in [-0.15, -0.1) is 20.4 Å². The van der Waals surface area contributed by atoms with Crippen molar-refractivity contribution in [3.05, 3.63) is 80.8 Å². The molecule has 0 bridgehead atoms. The van der Waals surface area contributed by atoms with Crippen LogP contribution in [-0.4, -0.2) is 32.2 Å². The Balaban J connectivity index is 1.17. The number of nitrogens with one attached hydrogen (secondary N) is 2. The molecule has 2 aromatic carbocycles. The number of carbonyl (C=O) groups is 2. The van der Waals surface area contributed by atoms with E-state index in [0.29, 0.717) is 6.42 Å². The van der Waals surface area contributed by atoms with Crippen LogP contribution >= 0.6 is 22.7 Å². The number of hydrogen-bond acceptors (Lipinski definition) is 8. The lowest BCUT2D eigenvalue weighted by Crippen LogP contribution is -2.16. The molecule has 1 saturated carbocycles. The fraction of sp³-hybridized carbons (Fsp3) is 0.308. The minimum absolute atomic E-state index is 0.0527. The number of aromatic nitrogens is 4. The number of hydrogen-bond donors (Lipinski definition) is 2. The third-order valence-electron chi connectivity index (χ3n) is 6.54. The van der Waals surface area contributed by atoms with Crippen LogP contribution in [0, 0.1) is 23.3 Å².